The molecule has 0 aliphatic carbocycles. The maximum atomic E-state index is 11.8. The van der Waals surface area contributed by atoms with Crippen molar-refractivity contribution in [1.82, 2.24) is 4.08 Å². The monoisotopic (exact) mass is 257 g/mol. The number of alkyl halides is 3. The summed E-state index contributed by atoms with van der Waals surface area (Å²) in [5.41, 5.74) is -5.72. The molecule has 0 aliphatic rings. The summed E-state index contributed by atoms with van der Waals surface area (Å²) >= 11 is 0. The molecule has 0 rings (SSSR count). The quantitative estimate of drug-likeness (QED) is 0.706. The predicted molar refractivity (Wildman–Crippen MR) is 39.4 cm³/mol. The van der Waals surface area contributed by atoms with Gasteiger partial charge in [-0.2, -0.15) is 13.2 Å². The van der Waals surface area contributed by atoms with E-state index in [1.165, 1.54) is 0 Å². The van der Waals surface area contributed by atoms with Crippen LogP contribution in [0, 0.1) is 0 Å². The molecule has 86 valence electrons. The zero-order valence-electron chi connectivity index (χ0n) is 6.76. The molecule has 0 atom stereocenters. The van der Waals surface area contributed by atoms with Crippen molar-refractivity contribution >= 4 is 17.8 Å². The summed E-state index contributed by atoms with van der Waals surface area (Å²) in [5, 5.41) is 0. The topological polar surface area (TPSA) is 94.9 Å². The third-order valence-electron chi connectivity index (χ3n) is 1.13. The summed E-state index contributed by atoms with van der Waals surface area (Å²) < 4.78 is 66.1. The summed E-state index contributed by atoms with van der Waals surface area (Å²) in [5.74, 6) is 0. The van der Waals surface area contributed by atoms with E-state index in [2.05, 4.69) is 0 Å². The lowest BCUT2D eigenvalue weighted by molar-refractivity contribution is -0.0474. The lowest BCUT2D eigenvalue weighted by Gasteiger charge is -2.21. The van der Waals surface area contributed by atoms with Crippen LogP contribution in [0.1, 0.15) is 6.92 Å². The van der Waals surface area contributed by atoms with E-state index < -0.39 is 33.9 Å². The predicted octanol–water partition coefficient (Wildman–Crippen LogP) is 0.251. The Morgan fingerprint density at radius 1 is 1.36 bits per heavy atom. The van der Waals surface area contributed by atoms with Crippen molar-refractivity contribution in [1.29, 1.82) is 0 Å². The summed E-state index contributed by atoms with van der Waals surface area (Å²) in [6, 6.07) is 0. The van der Waals surface area contributed by atoms with Crippen molar-refractivity contribution < 1.29 is 35.9 Å². The minimum atomic E-state index is -5.98. The van der Waals surface area contributed by atoms with Crippen LogP contribution in [0.25, 0.3) is 0 Å². The van der Waals surface area contributed by atoms with Gasteiger partial charge in [-0.25, -0.2) is 13.0 Å². The number of halogens is 3. The zero-order valence-corrected chi connectivity index (χ0v) is 8.47. The Hall–Kier alpha value is -0.150. The zero-order chi connectivity index (χ0) is 11.8. The van der Waals surface area contributed by atoms with Crippen LogP contribution in [0.5, 0.6) is 0 Å². The molecule has 0 amide bonds. The summed E-state index contributed by atoms with van der Waals surface area (Å²) in [7, 11) is -11.4. The second-order valence-corrected chi connectivity index (χ2v) is 5.74. The van der Waals surface area contributed by atoms with E-state index in [0.717, 1.165) is 6.92 Å². The van der Waals surface area contributed by atoms with Crippen molar-refractivity contribution in [2.45, 2.75) is 12.4 Å². The lowest BCUT2D eigenvalue weighted by atomic mass is 10.8. The number of rotatable bonds is 3. The second kappa shape index (κ2) is 3.78. The maximum absolute atomic E-state index is 11.8. The molecular formula is C3H7F3NO5PS. The fraction of sp³-hybridized carbons (Fsp3) is 1.00. The Labute approximate surface area is 77.6 Å². The van der Waals surface area contributed by atoms with Crippen molar-refractivity contribution in [2.75, 3.05) is 6.54 Å². The maximum Gasteiger partial charge on any atom is 0.512 e. The normalized spacial score (nSPS) is 14.8. The van der Waals surface area contributed by atoms with Gasteiger partial charge in [-0.05, 0) is 0 Å². The van der Waals surface area contributed by atoms with Crippen LogP contribution >= 0.6 is 7.75 Å². The molecule has 0 aromatic carbocycles. The highest BCUT2D eigenvalue weighted by molar-refractivity contribution is 7.94. The first kappa shape index (κ1) is 13.8. The molecule has 11 heteroatoms. The Morgan fingerprint density at radius 3 is 1.79 bits per heavy atom. The van der Waals surface area contributed by atoms with Gasteiger partial charge in [0.2, 0.25) is 0 Å². The molecule has 0 heterocycles. The fourth-order valence-corrected chi connectivity index (χ4v) is 2.96. The van der Waals surface area contributed by atoms with E-state index in [-0.39, 0.29) is 0 Å². The summed E-state index contributed by atoms with van der Waals surface area (Å²) in [4.78, 5) is 16.7. The third-order valence-corrected chi connectivity index (χ3v) is 4.68. The van der Waals surface area contributed by atoms with Crippen LogP contribution in [0.15, 0.2) is 0 Å². The van der Waals surface area contributed by atoms with E-state index in [9.17, 15) is 26.2 Å². The molecule has 0 saturated heterocycles. The van der Waals surface area contributed by atoms with Gasteiger partial charge in [0.15, 0.2) is 0 Å². The fourth-order valence-electron chi connectivity index (χ4n) is 0.614. The van der Waals surface area contributed by atoms with Crippen LogP contribution in [0.3, 0.4) is 0 Å². The minimum absolute atomic E-state index is 0.877. The van der Waals surface area contributed by atoms with Gasteiger partial charge in [0.05, 0.1) is 0 Å². The molecule has 0 saturated carbocycles. The molecule has 0 bridgehead atoms. The summed E-state index contributed by atoms with van der Waals surface area (Å²) in [6.45, 7) is -0.0888. The highest BCUT2D eigenvalue weighted by atomic mass is 32.2. The van der Waals surface area contributed by atoms with Crippen molar-refractivity contribution in [3.63, 3.8) is 0 Å². The van der Waals surface area contributed by atoms with E-state index in [4.69, 9.17) is 9.79 Å². The molecule has 0 spiro atoms. The van der Waals surface area contributed by atoms with Crippen LogP contribution in [0.4, 0.5) is 13.2 Å². The Kier molecular flexibility index (Phi) is 3.74. The number of hydrogen-bond acceptors (Lipinski definition) is 3. The molecule has 0 fully saturated rings. The number of nitrogens with zero attached hydrogens (tertiary/aromatic N) is 1. The molecule has 0 radical (unpaired) electrons. The van der Waals surface area contributed by atoms with Gasteiger partial charge in [0, 0.05) is 6.54 Å². The highest BCUT2D eigenvalue weighted by Gasteiger charge is 2.54. The van der Waals surface area contributed by atoms with Crippen molar-refractivity contribution in [3.8, 4) is 0 Å². The average Bonchev–Trinajstić information content (AvgIpc) is 1.80. The Bertz CT molecular complexity index is 344. The van der Waals surface area contributed by atoms with Gasteiger partial charge in [0.1, 0.15) is 0 Å². The first-order valence-electron chi connectivity index (χ1n) is 3.09. The largest absolute Gasteiger partial charge is 0.512 e. The SMILES string of the molecule is CCN(P(=O)(O)O)S(=O)(=O)C(F)(F)F. The van der Waals surface area contributed by atoms with Crippen LogP contribution in [0.2, 0.25) is 0 Å². The molecular weight excluding hydrogens is 250 g/mol. The molecule has 14 heavy (non-hydrogen) atoms. The molecule has 0 aromatic rings. The van der Waals surface area contributed by atoms with Crippen LogP contribution in [-0.4, -0.2) is 34.3 Å². The van der Waals surface area contributed by atoms with Gasteiger partial charge in [-0.15, -0.1) is 0 Å². The summed E-state index contributed by atoms with van der Waals surface area (Å²) in [6.07, 6.45) is 0. The van der Waals surface area contributed by atoms with E-state index in [1.807, 2.05) is 0 Å². The van der Waals surface area contributed by atoms with Gasteiger partial charge in [-0.3, -0.25) is 0 Å². The third kappa shape index (κ3) is 2.67. The number of sulfonamides is 1. The average molecular weight is 257 g/mol. The van der Waals surface area contributed by atoms with Crippen LogP contribution < -0.4 is 0 Å². The van der Waals surface area contributed by atoms with Gasteiger partial charge < -0.3 is 9.79 Å². The highest BCUT2D eigenvalue weighted by Crippen LogP contribution is 2.46. The van der Waals surface area contributed by atoms with Gasteiger partial charge in [0.25, 0.3) is 0 Å². The molecule has 2 N–H and O–H groups in total. The molecule has 0 unspecified atom stereocenters. The number of hydrogen-bond donors (Lipinski definition) is 2. The Morgan fingerprint density at radius 2 is 1.71 bits per heavy atom. The first-order valence-corrected chi connectivity index (χ1v) is 6.10. The van der Waals surface area contributed by atoms with Crippen LogP contribution in [-0.2, 0) is 14.6 Å². The van der Waals surface area contributed by atoms with Gasteiger partial charge >= 0.3 is 23.3 Å². The first-order chi connectivity index (χ1) is 5.94. The standard InChI is InChI=1S/C3H7F3NO5PS/c1-2-7(13(8,9)10)14(11,12)3(4,5)6/h2H2,1H3,(H2,8,9,10). The lowest BCUT2D eigenvalue weighted by Crippen LogP contribution is -2.38. The van der Waals surface area contributed by atoms with E-state index in [1.54, 1.807) is 0 Å². The minimum Gasteiger partial charge on any atom is -0.312 e. The molecule has 0 aromatic heterocycles. The van der Waals surface area contributed by atoms with E-state index in [0.29, 0.717) is 0 Å². The Balaban J connectivity index is 5.40. The van der Waals surface area contributed by atoms with Crippen molar-refractivity contribution in [2.24, 2.45) is 0 Å². The van der Waals surface area contributed by atoms with Crippen molar-refractivity contribution in [3.05, 3.63) is 0 Å². The van der Waals surface area contributed by atoms with E-state index >= 15 is 0 Å². The molecule has 0 aliphatic heterocycles. The molecule has 6 nitrogen and oxygen atoms in total. The second-order valence-electron chi connectivity index (χ2n) is 2.10. The van der Waals surface area contributed by atoms with Gasteiger partial charge in [-0.1, -0.05) is 11.0 Å². The smallest absolute Gasteiger partial charge is 0.312 e.